The normalized spacial score (nSPS) is 11.4. The molecule has 0 spiro atoms. The molecule has 3 heterocycles. The maximum absolute atomic E-state index is 5.99. The Kier molecular flexibility index (Phi) is 3.66. The van der Waals surface area contributed by atoms with E-state index in [1.54, 1.807) is 30.7 Å². The molecule has 7 nitrogen and oxygen atoms in total. The summed E-state index contributed by atoms with van der Waals surface area (Å²) in [5.74, 6) is 0.799. The molecule has 0 saturated heterocycles. The van der Waals surface area contributed by atoms with Crippen LogP contribution in [0.25, 0.3) is 22.4 Å². The van der Waals surface area contributed by atoms with Crippen molar-refractivity contribution in [2.75, 3.05) is 5.73 Å². The number of nitrogen functional groups attached to an aromatic ring is 1. The smallest absolute Gasteiger partial charge is 0.244 e. The Balaban J connectivity index is 1.69. The van der Waals surface area contributed by atoms with E-state index >= 15 is 0 Å². The van der Waals surface area contributed by atoms with Crippen LogP contribution in [0.5, 0.6) is 0 Å². The molecule has 4 rings (SSSR count). The lowest BCUT2D eigenvalue weighted by atomic mass is 10.1. The number of rotatable bonds is 3. The number of hydrogen-bond donors (Lipinski definition) is 1. The van der Waals surface area contributed by atoms with Crippen LogP contribution < -0.4 is 5.73 Å². The van der Waals surface area contributed by atoms with Crippen LogP contribution >= 0.6 is 0 Å². The molecule has 0 bridgehead atoms. The Labute approximate surface area is 143 Å². The summed E-state index contributed by atoms with van der Waals surface area (Å²) in [6.45, 7) is 2.02. The fraction of sp³-hybridized carbons (Fsp3) is 0.0556. The van der Waals surface area contributed by atoms with Crippen molar-refractivity contribution in [1.29, 1.82) is 0 Å². The van der Waals surface area contributed by atoms with E-state index in [0.29, 0.717) is 28.8 Å². The quantitative estimate of drug-likeness (QED) is 0.553. The third-order valence-corrected chi connectivity index (χ3v) is 3.71. The molecule has 0 saturated carbocycles. The average Bonchev–Trinajstić information content (AvgIpc) is 3.16. The monoisotopic (exact) mass is 330 g/mol. The van der Waals surface area contributed by atoms with Gasteiger partial charge in [0.1, 0.15) is 23.3 Å². The van der Waals surface area contributed by atoms with Gasteiger partial charge in [-0.25, -0.2) is 15.0 Å². The van der Waals surface area contributed by atoms with Gasteiger partial charge in [0.2, 0.25) is 5.89 Å². The molecule has 0 unspecified atom stereocenters. The lowest BCUT2D eigenvalue weighted by Crippen LogP contribution is -1.91. The van der Waals surface area contributed by atoms with Crippen LogP contribution in [-0.2, 0) is 0 Å². The number of hydrogen-bond acceptors (Lipinski definition) is 7. The minimum atomic E-state index is 0.339. The van der Waals surface area contributed by atoms with Crippen molar-refractivity contribution < 1.29 is 4.42 Å². The maximum atomic E-state index is 5.99. The minimum Gasteiger partial charge on any atom is -0.443 e. The molecule has 1 aromatic carbocycles. The van der Waals surface area contributed by atoms with E-state index in [1.165, 1.54) is 6.26 Å². The Morgan fingerprint density at radius 1 is 1.00 bits per heavy atom. The van der Waals surface area contributed by atoms with Crippen LogP contribution in [0, 0.1) is 6.92 Å². The predicted molar refractivity (Wildman–Crippen MR) is 94.8 cm³/mol. The fourth-order valence-electron chi connectivity index (χ4n) is 2.46. The summed E-state index contributed by atoms with van der Waals surface area (Å²) >= 11 is 0. The molecule has 0 aliphatic heterocycles. The maximum Gasteiger partial charge on any atom is 0.244 e. The van der Waals surface area contributed by atoms with Gasteiger partial charge in [-0.3, -0.25) is 0 Å². The highest BCUT2D eigenvalue weighted by Crippen LogP contribution is 2.32. The van der Waals surface area contributed by atoms with Crippen LogP contribution in [0.1, 0.15) is 5.56 Å². The third kappa shape index (κ3) is 2.94. The van der Waals surface area contributed by atoms with Gasteiger partial charge in [0.25, 0.3) is 0 Å². The number of fused-ring (bicyclic) bond motifs is 1. The van der Waals surface area contributed by atoms with Crippen LogP contribution in [0.4, 0.5) is 17.2 Å². The van der Waals surface area contributed by atoms with Gasteiger partial charge >= 0.3 is 0 Å². The number of benzene rings is 1. The van der Waals surface area contributed by atoms with Crippen LogP contribution in [-0.4, -0.2) is 15.0 Å². The van der Waals surface area contributed by atoms with E-state index in [1.807, 2.05) is 25.1 Å². The third-order valence-electron chi connectivity index (χ3n) is 3.71. The summed E-state index contributed by atoms with van der Waals surface area (Å²) in [5, 5.41) is 10.4. The number of oxazole rings is 1. The van der Waals surface area contributed by atoms with Gasteiger partial charge in [-0.1, -0.05) is 17.7 Å². The first-order valence-corrected chi connectivity index (χ1v) is 7.63. The van der Waals surface area contributed by atoms with Crippen molar-refractivity contribution in [2.45, 2.75) is 6.92 Å². The van der Waals surface area contributed by atoms with Gasteiger partial charge < -0.3 is 10.2 Å². The molecule has 0 aliphatic carbocycles. The van der Waals surface area contributed by atoms with Crippen molar-refractivity contribution in [3.05, 3.63) is 60.7 Å². The number of aryl methyl sites for hydroxylation is 1. The van der Waals surface area contributed by atoms with E-state index in [-0.39, 0.29) is 0 Å². The summed E-state index contributed by atoms with van der Waals surface area (Å²) in [4.78, 5) is 12.5. The lowest BCUT2D eigenvalue weighted by Gasteiger charge is -2.05. The zero-order valence-electron chi connectivity index (χ0n) is 13.4. The second-order valence-corrected chi connectivity index (χ2v) is 5.52. The van der Waals surface area contributed by atoms with Gasteiger partial charge in [0, 0.05) is 17.0 Å². The first-order valence-electron chi connectivity index (χ1n) is 7.63. The van der Waals surface area contributed by atoms with Gasteiger partial charge in [-0.05, 0) is 25.1 Å². The second kappa shape index (κ2) is 6.12. The van der Waals surface area contributed by atoms with Crippen LogP contribution in [0.15, 0.2) is 69.8 Å². The fourth-order valence-corrected chi connectivity index (χ4v) is 2.46. The molecule has 4 aromatic rings. The van der Waals surface area contributed by atoms with Gasteiger partial charge in [-0.2, -0.15) is 0 Å². The minimum absolute atomic E-state index is 0.339. The molecular weight excluding hydrogens is 316 g/mol. The largest absolute Gasteiger partial charge is 0.443 e. The molecule has 7 heteroatoms. The van der Waals surface area contributed by atoms with Gasteiger partial charge in [-0.15, -0.1) is 10.2 Å². The number of nitrogens with zero attached hydrogens (tertiary/aromatic N) is 5. The summed E-state index contributed by atoms with van der Waals surface area (Å²) < 4.78 is 5.21. The Morgan fingerprint density at radius 3 is 2.68 bits per heavy atom. The molecule has 122 valence electrons. The van der Waals surface area contributed by atoms with Crippen molar-refractivity contribution in [1.82, 2.24) is 15.0 Å². The molecule has 0 atom stereocenters. The van der Waals surface area contributed by atoms with E-state index in [0.717, 1.165) is 16.3 Å². The average molecular weight is 330 g/mol. The molecule has 0 radical (unpaired) electrons. The van der Waals surface area contributed by atoms with Gasteiger partial charge in [0.05, 0.1) is 12.4 Å². The zero-order valence-corrected chi connectivity index (χ0v) is 13.4. The number of nitrogens with two attached hydrogens (primary N) is 1. The van der Waals surface area contributed by atoms with Crippen LogP contribution in [0.2, 0.25) is 0 Å². The molecule has 2 N–H and O–H groups in total. The summed E-state index contributed by atoms with van der Waals surface area (Å²) in [6, 6.07) is 9.59. The zero-order chi connectivity index (χ0) is 17.2. The second-order valence-electron chi connectivity index (χ2n) is 5.52. The molecule has 0 aliphatic rings. The first kappa shape index (κ1) is 14.9. The number of anilines is 1. The highest BCUT2D eigenvalue weighted by Gasteiger charge is 2.07. The van der Waals surface area contributed by atoms with E-state index < -0.39 is 0 Å². The van der Waals surface area contributed by atoms with Crippen molar-refractivity contribution in [2.24, 2.45) is 10.2 Å². The van der Waals surface area contributed by atoms with Gasteiger partial charge in [0.15, 0.2) is 5.82 Å². The van der Waals surface area contributed by atoms with E-state index in [4.69, 9.17) is 10.2 Å². The first-order chi connectivity index (χ1) is 12.2. The molecule has 25 heavy (non-hydrogen) atoms. The highest BCUT2D eigenvalue weighted by atomic mass is 16.3. The highest BCUT2D eigenvalue weighted by molar-refractivity contribution is 5.96. The SMILES string of the molecule is Cc1ccc2cnc(N)c(N=Nc3ccc(-c4ncco4)nc3)c2c1. The Bertz CT molecular complexity index is 1050. The molecular formula is C18H14N6O. The molecule has 0 fully saturated rings. The summed E-state index contributed by atoms with van der Waals surface area (Å²) in [7, 11) is 0. The van der Waals surface area contributed by atoms with Crippen LogP contribution in [0.3, 0.4) is 0 Å². The van der Waals surface area contributed by atoms with E-state index in [9.17, 15) is 0 Å². The predicted octanol–water partition coefficient (Wildman–Crippen LogP) is 4.59. The van der Waals surface area contributed by atoms with Crippen molar-refractivity contribution >= 4 is 28.0 Å². The standard InChI is InChI=1S/C18H14N6O/c1-11-2-3-12-9-22-17(19)16(14(12)8-11)24-23-13-4-5-15(21-10-13)18-20-6-7-25-18/h2-10H,1H3,(H2,19,22). The Hall–Kier alpha value is -3.61. The number of pyridine rings is 2. The Morgan fingerprint density at radius 2 is 1.92 bits per heavy atom. The number of aromatic nitrogens is 3. The van der Waals surface area contributed by atoms with Crippen molar-refractivity contribution in [3.8, 4) is 11.6 Å². The summed E-state index contributed by atoms with van der Waals surface area (Å²) in [6.07, 6.45) is 6.41. The molecule has 0 amide bonds. The lowest BCUT2D eigenvalue weighted by molar-refractivity contribution is 0.572. The van der Waals surface area contributed by atoms with Crippen molar-refractivity contribution in [3.63, 3.8) is 0 Å². The molecule has 3 aromatic heterocycles. The summed E-state index contributed by atoms with van der Waals surface area (Å²) in [5.41, 5.74) is 8.89. The number of azo groups is 1. The van der Waals surface area contributed by atoms with E-state index in [2.05, 4.69) is 25.2 Å². The topological polar surface area (TPSA) is 103 Å².